The molecular weight excluding hydrogens is 241 g/mol. The van der Waals surface area contributed by atoms with Crippen LogP contribution in [0.15, 0.2) is 0 Å². The van der Waals surface area contributed by atoms with Crippen molar-refractivity contribution in [2.45, 2.75) is 64.2 Å². The number of nitrogens with one attached hydrogen (secondary N) is 1. The molecular formula is C13H25F3N2. The molecule has 1 aliphatic carbocycles. The van der Waals surface area contributed by atoms with E-state index in [1.165, 1.54) is 0 Å². The molecule has 0 amide bonds. The Kier molecular flexibility index (Phi) is 6.43. The first-order valence-corrected chi connectivity index (χ1v) is 7.02. The van der Waals surface area contributed by atoms with E-state index in [2.05, 4.69) is 5.32 Å². The van der Waals surface area contributed by atoms with Crippen LogP contribution in [0.2, 0.25) is 0 Å². The molecule has 0 spiro atoms. The number of halogens is 3. The van der Waals surface area contributed by atoms with Gasteiger partial charge in [-0.25, -0.2) is 0 Å². The Bertz CT molecular complexity index is 231. The second-order valence-corrected chi connectivity index (χ2v) is 5.05. The number of alkyl halides is 3. The third-order valence-corrected chi connectivity index (χ3v) is 3.70. The van der Waals surface area contributed by atoms with Crippen molar-refractivity contribution in [1.82, 2.24) is 10.2 Å². The fourth-order valence-electron chi connectivity index (χ4n) is 2.92. The summed E-state index contributed by atoms with van der Waals surface area (Å²) in [5, 5.41) is 3.37. The molecule has 1 rings (SSSR count). The molecule has 0 aromatic heterocycles. The van der Waals surface area contributed by atoms with Crippen LogP contribution in [0, 0.1) is 0 Å². The van der Waals surface area contributed by atoms with Gasteiger partial charge in [-0.15, -0.1) is 0 Å². The van der Waals surface area contributed by atoms with Crippen LogP contribution >= 0.6 is 0 Å². The Labute approximate surface area is 108 Å². The highest BCUT2D eigenvalue weighted by Crippen LogP contribution is 2.25. The van der Waals surface area contributed by atoms with Gasteiger partial charge in [-0.2, -0.15) is 13.2 Å². The molecule has 0 heterocycles. The fourth-order valence-corrected chi connectivity index (χ4v) is 2.92. The lowest BCUT2D eigenvalue weighted by molar-refractivity contribution is -0.152. The second kappa shape index (κ2) is 7.34. The summed E-state index contributed by atoms with van der Waals surface area (Å²) in [5.41, 5.74) is 0. The monoisotopic (exact) mass is 266 g/mol. The summed E-state index contributed by atoms with van der Waals surface area (Å²) in [7, 11) is 0. The number of nitrogens with zero attached hydrogens (tertiary/aromatic N) is 1. The zero-order valence-corrected chi connectivity index (χ0v) is 11.4. The van der Waals surface area contributed by atoms with Crippen molar-refractivity contribution in [1.29, 1.82) is 0 Å². The van der Waals surface area contributed by atoms with Crippen molar-refractivity contribution in [2.75, 3.05) is 19.6 Å². The first-order chi connectivity index (χ1) is 8.48. The molecule has 0 saturated heterocycles. The van der Waals surface area contributed by atoms with E-state index in [-0.39, 0.29) is 12.1 Å². The number of likely N-dealkylation sites (N-methyl/N-ethyl adjacent to an activating group) is 2. The lowest BCUT2D eigenvalue weighted by Gasteiger charge is -2.36. The molecule has 1 aliphatic rings. The van der Waals surface area contributed by atoms with E-state index in [0.29, 0.717) is 6.54 Å². The van der Waals surface area contributed by atoms with Crippen LogP contribution in [0.1, 0.15) is 46.0 Å². The van der Waals surface area contributed by atoms with Gasteiger partial charge in [0.05, 0.1) is 6.54 Å². The first kappa shape index (κ1) is 15.8. The van der Waals surface area contributed by atoms with E-state index in [0.717, 1.165) is 38.6 Å². The molecule has 1 N–H and O–H groups in total. The van der Waals surface area contributed by atoms with Gasteiger partial charge in [-0.3, -0.25) is 4.90 Å². The zero-order valence-electron chi connectivity index (χ0n) is 11.4. The first-order valence-electron chi connectivity index (χ1n) is 7.02. The maximum Gasteiger partial charge on any atom is 0.401 e. The molecule has 1 fully saturated rings. The number of hydrogen-bond acceptors (Lipinski definition) is 2. The smallest absolute Gasteiger partial charge is 0.313 e. The Morgan fingerprint density at radius 2 is 1.78 bits per heavy atom. The summed E-state index contributed by atoms with van der Waals surface area (Å²) in [5.74, 6) is 0. The molecule has 0 aromatic carbocycles. The minimum atomic E-state index is -4.10. The number of hydrogen-bond donors (Lipinski definition) is 1. The largest absolute Gasteiger partial charge is 0.401 e. The molecule has 2 atom stereocenters. The van der Waals surface area contributed by atoms with Crippen LogP contribution in [-0.4, -0.2) is 42.8 Å². The third kappa shape index (κ3) is 5.14. The zero-order chi connectivity index (χ0) is 13.6. The van der Waals surface area contributed by atoms with Gasteiger partial charge in [0.1, 0.15) is 0 Å². The molecule has 0 bridgehead atoms. The van der Waals surface area contributed by atoms with E-state index >= 15 is 0 Å². The minimum Gasteiger partial charge on any atom is -0.313 e. The van der Waals surface area contributed by atoms with Gasteiger partial charge in [-0.05, 0) is 25.9 Å². The lowest BCUT2D eigenvalue weighted by atomic mass is 10.0. The predicted molar refractivity (Wildman–Crippen MR) is 67.6 cm³/mol. The highest BCUT2D eigenvalue weighted by atomic mass is 19.4. The van der Waals surface area contributed by atoms with E-state index in [1.54, 1.807) is 4.90 Å². The summed E-state index contributed by atoms with van der Waals surface area (Å²) >= 11 is 0. The van der Waals surface area contributed by atoms with Gasteiger partial charge in [0.15, 0.2) is 0 Å². The molecule has 2 nitrogen and oxygen atoms in total. The van der Waals surface area contributed by atoms with Crippen LogP contribution in [0.25, 0.3) is 0 Å². The average Bonchev–Trinajstić information content (AvgIpc) is 2.51. The van der Waals surface area contributed by atoms with Crippen LogP contribution in [-0.2, 0) is 0 Å². The van der Waals surface area contributed by atoms with Gasteiger partial charge in [0.2, 0.25) is 0 Å². The Hall–Kier alpha value is -0.290. The highest BCUT2D eigenvalue weighted by Gasteiger charge is 2.36. The summed E-state index contributed by atoms with van der Waals surface area (Å²) in [4.78, 5) is 1.60. The van der Waals surface area contributed by atoms with Crippen molar-refractivity contribution < 1.29 is 13.2 Å². The van der Waals surface area contributed by atoms with Crippen molar-refractivity contribution in [3.63, 3.8) is 0 Å². The molecule has 0 aromatic rings. The quantitative estimate of drug-likeness (QED) is 0.769. The van der Waals surface area contributed by atoms with Gasteiger partial charge in [0.25, 0.3) is 0 Å². The molecule has 0 radical (unpaired) electrons. The maximum absolute atomic E-state index is 12.6. The van der Waals surface area contributed by atoms with Gasteiger partial charge < -0.3 is 5.32 Å². The highest BCUT2D eigenvalue weighted by molar-refractivity contribution is 4.87. The van der Waals surface area contributed by atoms with E-state index in [1.807, 2.05) is 13.8 Å². The SMILES string of the molecule is CCNC1CCCCCC1N(CC)CC(F)(F)F. The maximum atomic E-state index is 12.6. The summed E-state index contributed by atoms with van der Waals surface area (Å²) in [6, 6.07) is 0.235. The van der Waals surface area contributed by atoms with E-state index in [9.17, 15) is 13.2 Å². The van der Waals surface area contributed by atoms with Crippen molar-refractivity contribution in [3.8, 4) is 0 Å². The summed E-state index contributed by atoms with van der Waals surface area (Å²) in [6.07, 6.45) is 1.08. The topological polar surface area (TPSA) is 15.3 Å². The molecule has 2 unspecified atom stereocenters. The summed E-state index contributed by atoms with van der Waals surface area (Å²) < 4.78 is 37.8. The third-order valence-electron chi connectivity index (χ3n) is 3.70. The van der Waals surface area contributed by atoms with Crippen molar-refractivity contribution in [2.24, 2.45) is 0 Å². The number of rotatable bonds is 5. The van der Waals surface area contributed by atoms with Crippen LogP contribution in [0.3, 0.4) is 0 Å². The lowest BCUT2D eigenvalue weighted by Crippen LogP contribution is -2.52. The standard InChI is InChI=1S/C13H25F3N2/c1-3-17-11-8-6-5-7-9-12(11)18(4-2)10-13(14,15)16/h11-12,17H,3-10H2,1-2H3. The second-order valence-electron chi connectivity index (χ2n) is 5.05. The van der Waals surface area contributed by atoms with Crippen molar-refractivity contribution in [3.05, 3.63) is 0 Å². The van der Waals surface area contributed by atoms with E-state index < -0.39 is 12.7 Å². The molecule has 5 heteroatoms. The Morgan fingerprint density at radius 3 is 2.33 bits per heavy atom. The summed E-state index contributed by atoms with van der Waals surface area (Å²) in [6.45, 7) is 4.34. The molecule has 108 valence electrons. The van der Waals surface area contributed by atoms with Crippen LogP contribution in [0.4, 0.5) is 13.2 Å². The van der Waals surface area contributed by atoms with Crippen LogP contribution < -0.4 is 5.32 Å². The molecule has 18 heavy (non-hydrogen) atoms. The Balaban J connectivity index is 2.71. The van der Waals surface area contributed by atoms with Gasteiger partial charge in [0, 0.05) is 12.1 Å². The minimum absolute atomic E-state index is 0.0269. The normalized spacial score (nSPS) is 26.3. The predicted octanol–water partition coefficient (Wildman–Crippen LogP) is 3.18. The molecule has 1 saturated carbocycles. The van der Waals surface area contributed by atoms with E-state index in [4.69, 9.17) is 0 Å². The Morgan fingerprint density at radius 1 is 1.11 bits per heavy atom. The van der Waals surface area contributed by atoms with Gasteiger partial charge in [-0.1, -0.05) is 33.1 Å². The fraction of sp³-hybridized carbons (Fsp3) is 1.00. The van der Waals surface area contributed by atoms with Crippen molar-refractivity contribution >= 4 is 0 Å². The van der Waals surface area contributed by atoms with Gasteiger partial charge >= 0.3 is 6.18 Å². The molecule has 0 aliphatic heterocycles. The average molecular weight is 266 g/mol. The van der Waals surface area contributed by atoms with Crippen LogP contribution in [0.5, 0.6) is 0 Å².